The summed E-state index contributed by atoms with van der Waals surface area (Å²) < 4.78 is 7.32. The molecule has 0 radical (unpaired) electrons. The van der Waals surface area contributed by atoms with E-state index in [2.05, 4.69) is 39.3 Å². The van der Waals surface area contributed by atoms with E-state index in [0.717, 1.165) is 6.42 Å². The smallest absolute Gasteiger partial charge is 0.167 e. The second-order valence-corrected chi connectivity index (χ2v) is 6.99. The maximum absolute atomic E-state index is 10.3. The lowest BCUT2D eigenvalue weighted by atomic mass is 10.1. The van der Waals surface area contributed by atoms with E-state index in [0.29, 0.717) is 17.0 Å². The van der Waals surface area contributed by atoms with Crippen LogP contribution in [0.15, 0.2) is 43.0 Å². The minimum atomic E-state index is -1.04. The molecule has 27 heavy (non-hydrogen) atoms. The fourth-order valence-corrected chi connectivity index (χ4v) is 3.45. The molecule has 1 fully saturated rings. The molecule has 142 valence electrons. The summed E-state index contributed by atoms with van der Waals surface area (Å²) in [5, 5.41) is 23.6. The van der Waals surface area contributed by atoms with Crippen LogP contribution in [0.1, 0.15) is 25.6 Å². The number of hydrogen-bond acceptors (Lipinski definition) is 7. The molecule has 1 aromatic carbocycles. The molecule has 3 heterocycles. The average Bonchev–Trinajstić information content (AvgIpc) is 3.20. The maximum Gasteiger partial charge on any atom is 0.167 e. The van der Waals surface area contributed by atoms with Crippen LogP contribution in [0.2, 0.25) is 0 Å². The molecule has 0 bridgehead atoms. The lowest BCUT2D eigenvalue weighted by Gasteiger charge is -2.17. The first-order chi connectivity index (χ1) is 13.0. The van der Waals surface area contributed by atoms with E-state index in [-0.39, 0.29) is 6.04 Å². The van der Waals surface area contributed by atoms with Gasteiger partial charge in [0.15, 0.2) is 23.2 Å². The van der Waals surface area contributed by atoms with Gasteiger partial charge in [0.05, 0.1) is 12.4 Å². The first-order valence-corrected chi connectivity index (χ1v) is 9.04. The number of benzene rings is 1. The summed E-state index contributed by atoms with van der Waals surface area (Å²) in [5.74, 6) is 0.628. The Morgan fingerprint density at radius 3 is 2.63 bits per heavy atom. The Kier molecular flexibility index (Phi) is 4.77. The summed E-state index contributed by atoms with van der Waals surface area (Å²) in [6.45, 7) is 3.81. The van der Waals surface area contributed by atoms with Crippen molar-refractivity contribution in [3.8, 4) is 0 Å². The monoisotopic (exact) mass is 369 g/mol. The van der Waals surface area contributed by atoms with Gasteiger partial charge in [0.25, 0.3) is 0 Å². The molecule has 4 rings (SSSR count). The van der Waals surface area contributed by atoms with Crippen LogP contribution < -0.4 is 5.32 Å². The number of rotatable bonds is 5. The third kappa shape index (κ3) is 3.39. The topological polar surface area (TPSA) is 105 Å². The zero-order valence-corrected chi connectivity index (χ0v) is 15.2. The standard InChI is InChI=1S/C19H23N5O3/c1-11(8-13-6-4-3-5-7-13)23-17-14-18(21-9-20-17)24(10-22-14)19-16(26)15(25)12(2)27-19/h3-7,9-12,15-16,19,25-26H,8H2,1-2H3,(H,20,21,23)/t11-,12+,15+,16+,19+/m0/s1. The van der Waals surface area contributed by atoms with Gasteiger partial charge in [-0.3, -0.25) is 4.57 Å². The van der Waals surface area contributed by atoms with Crippen molar-refractivity contribution < 1.29 is 14.9 Å². The van der Waals surface area contributed by atoms with Gasteiger partial charge in [-0.15, -0.1) is 0 Å². The minimum Gasteiger partial charge on any atom is -0.388 e. The summed E-state index contributed by atoms with van der Waals surface area (Å²) in [4.78, 5) is 13.0. The zero-order valence-electron chi connectivity index (χ0n) is 15.2. The number of hydrogen-bond donors (Lipinski definition) is 3. The number of imidazole rings is 1. The Morgan fingerprint density at radius 2 is 1.93 bits per heavy atom. The molecule has 8 heteroatoms. The first kappa shape index (κ1) is 17.8. The molecule has 2 aromatic heterocycles. The van der Waals surface area contributed by atoms with Crippen LogP contribution in [0.4, 0.5) is 5.82 Å². The fourth-order valence-electron chi connectivity index (χ4n) is 3.45. The number of anilines is 1. The van der Waals surface area contributed by atoms with Gasteiger partial charge in [0.1, 0.15) is 18.5 Å². The molecule has 0 aliphatic carbocycles. The molecule has 5 atom stereocenters. The van der Waals surface area contributed by atoms with Crippen molar-refractivity contribution in [2.24, 2.45) is 0 Å². The van der Waals surface area contributed by atoms with E-state index in [4.69, 9.17) is 4.74 Å². The summed E-state index contributed by atoms with van der Waals surface area (Å²) in [6.07, 6.45) is 0.682. The van der Waals surface area contributed by atoms with Crippen LogP contribution in [0.5, 0.6) is 0 Å². The van der Waals surface area contributed by atoms with Crippen LogP contribution in [0.3, 0.4) is 0 Å². The molecule has 1 aliphatic heterocycles. The summed E-state index contributed by atoms with van der Waals surface area (Å²) in [6, 6.07) is 10.4. The van der Waals surface area contributed by atoms with Crippen molar-refractivity contribution in [1.29, 1.82) is 0 Å². The average molecular weight is 369 g/mol. The van der Waals surface area contributed by atoms with E-state index in [1.807, 2.05) is 18.2 Å². The number of fused-ring (bicyclic) bond motifs is 1. The molecule has 3 aromatic rings. The van der Waals surface area contributed by atoms with Crippen LogP contribution in [0.25, 0.3) is 11.2 Å². The van der Waals surface area contributed by atoms with Gasteiger partial charge >= 0.3 is 0 Å². The van der Waals surface area contributed by atoms with Crippen molar-refractivity contribution in [1.82, 2.24) is 19.5 Å². The molecular formula is C19H23N5O3. The Labute approximate surface area is 156 Å². The van der Waals surface area contributed by atoms with Gasteiger partial charge in [-0.2, -0.15) is 0 Å². The Morgan fingerprint density at radius 1 is 1.15 bits per heavy atom. The highest BCUT2D eigenvalue weighted by Gasteiger charge is 2.42. The molecule has 3 N–H and O–H groups in total. The number of ether oxygens (including phenoxy) is 1. The lowest BCUT2D eigenvalue weighted by molar-refractivity contribution is -0.0299. The zero-order chi connectivity index (χ0) is 19.0. The van der Waals surface area contributed by atoms with E-state index in [1.54, 1.807) is 17.8 Å². The Hall–Kier alpha value is -2.55. The molecule has 0 unspecified atom stereocenters. The summed E-state index contributed by atoms with van der Waals surface area (Å²) in [5.41, 5.74) is 2.38. The Balaban J connectivity index is 1.58. The van der Waals surface area contributed by atoms with Crippen LogP contribution in [-0.4, -0.2) is 54.1 Å². The van der Waals surface area contributed by atoms with E-state index in [9.17, 15) is 10.2 Å². The van der Waals surface area contributed by atoms with E-state index < -0.39 is 24.5 Å². The Bertz CT molecular complexity index is 916. The molecule has 0 saturated carbocycles. The predicted molar refractivity (Wildman–Crippen MR) is 100 cm³/mol. The van der Waals surface area contributed by atoms with Gasteiger partial charge in [-0.1, -0.05) is 30.3 Å². The van der Waals surface area contributed by atoms with Gasteiger partial charge in [0, 0.05) is 6.04 Å². The van der Waals surface area contributed by atoms with Gasteiger partial charge in [-0.05, 0) is 25.8 Å². The molecule has 8 nitrogen and oxygen atoms in total. The quantitative estimate of drug-likeness (QED) is 0.626. The highest BCUT2D eigenvalue weighted by Crippen LogP contribution is 2.32. The largest absolute Gasteiger partial charge is 0.388 e. The number of aromatic nitrogens is 4. The SMILES string of the molecule is C[C@@H](Cc1ccccc1)Nc1ncnc2c1ncn2[C@@H]1O[C@H](C)[C@@H](O)[C@H]1O. The fraction of sp³-hybridized carbons (Fsp3) is 0.421. The van der Waals surface area contributed by atoms with Crippen molar-refractivity contribution >= 4 is 17.0 Å². The van der Waals surface area contributed by atoms with Crippen molar-refractivity contribution in [2.45, 2.75) is 50.8 Å². The van der Waals surface area contributed by atoms with Crippen molar-refractivity contribution in [2.75, 3.05) is 5.32 Å². The van der Waals surface area contributed by atoms with Crippen LogP contribution in [-0.2, 0) is 11.2 Å². The van der Waals surface area contributed by atoms with E-state index in [1.165, 1.54) is 11.9 Å². The summed E-state index contributed by atoms with van der Waals surface area (Å²) >= 11 is 0. The summed E-state index contributed by atoms with van der Waals surface area (Å²) in [7, 11) is 0. The van der Waals surface area contributed by atoms with Crippen molar-refractivity contribution in [3.63, 3.8) is 0 Å². The molecule has 1 saturated heterocycles. The van der Waals surface area contributed by atoms with Crippen molar-refractivity contribution in [3.05, 3.63) is 48.5 Å². The molecule has 1 aliphatic rings. The second-order valence-electron chi connectivity index (χ2n) is 6.99. The first-order valence-electron chi connectivity index (χ1n) is 9.04. The number of nitrogens with one attached hydrogen (secondary N) is 1. The third-order valence-corrected chi connectivity index (χ3v) is 4.88. The number of aliphatic hydroxyl groups is 2. The van der Waals surface area contributed by atoms with Crippen LogP contribution in [0, 0.1) is 0 Å². The minimum absolute atomic E-state index is 0.144. The van der Waals surface area contributed by atoms with E-state index >= 15 is 0 Å². The molecular weight excluding hydrogens is 346 g/mol. The van der Waals surface area contributed by atoms with Gasteiger partial charge < -0.3 is 20.3 Å². The predicted octanol–water partition coefficient (Wildman–Crippen LogP) is 1.51. The maximum atomic E-state index is 10.3. The molecule has 0 amide bonds. The van der Waals surface area contributed by atoms with Gasteiger partial charge in [0.2, 0.25) is 0 Å². The normalized spacial score (nSPS) is 26.4. The number of aliphatic hydroxyl groups excluding tert-OH is 2. The highest BCUT2D eigenvalue weighted by atomic mass is 16.6. The second kappa shape index (κ2) is 7.22. The molecule has 0 spiro atoms. The van der Waals surface area contributed by atoms with Gasteiger partial charge in [-0.25, -0.2) is 15.0 Å². The number of nitrogens with zero attached hydrogens (tertiary/aromatic N) is 4. The highest BCUT2D eigenvalue weighted by molar-refractivity contribution is 5.82. The lowest BCUT2D eigenvalue weighted by Crippen LogP contribution is -2.30. The van der Waals surface area contributed by atoms with Crippen LogP contribution >= 0.6 is 0 Å². The third-order valence-electron chi connectivity index (χ3n) is 4.88.